The van der Waals surface area contributed by atoms with Gasteiger partial charge in [-0.05, 0) is 12.8 Å². The molecule has 0 amide bonds. The van der Waals surface area contributed by atoms with Crippen molar-refractivity contribution < 1.29 is 14.4 Å². The van der Waals surface area contributed by atoms with E-state index in [4.69, 9.17) is 0 Å². The van der Waals surface area contributed by atoms with Gasteiger partial charge in [0.15, 0.2) is 0 Å². The fourth-order valence-corrected chi connectivity index (χ4v) is 3.71. The summed E-state index contributed by atoms with van der Waals surface area (Å²) in [5, 5.41) is 3.23. The molecule has 0 saturated carbocycles. The van der Waals surface area contributed by atoms with E-state index in [1.54, 1.807) is 0 Å². The van der Waals surface area contributed by atoms with Gasteiger partial charge in [0, 0.05) is 26.2 Å². The van der Waals surface area contributed by atoms with E-state index in [1.807, 2.05) is 18.7 Å². The van der Waals surface area contributed by atoms with Crippen molar-refractivity contribution in [3.05, 3.63) is 0 Å². The molecule has 1 saturated heterocycles. The predicted molar refractivity (Wildman–Crippen MR) is 58.8 cm³/mol. The molecule has 1 fully saturated rings. The van der Waals surface area contributed by atoms with Crippen LogP contribution in [0, 0.1) is 0 Å². The Bertz CT molecular complexity index is 244. The molecule has 0 aromatic heterocycles. The first-order valence-corrected chi connectivity index (χ1v) is 7.03. The van der Waals surface area contributed by atoms with Crippen molar-refractivity contribution in [2.75, 3.05) is 26.2 Å². The Labute approximate surface area is 91.0 Å². The van der Waals surface area contributed by atoms with Crippen molar-refractivity contribution in [3.8, 4) is 0 Å². The highest BCUT2D eigenvalue weighted by molar-refractivity contribution is 7.53. The van der Waals surface area contributed by atoms with E-state index in [0.717, 1.165) is 0 Å². The molecule has 0 aromatic rings. The van der Waals surface area contributed by atoms with Crippen LogP contribution >= 0.6 is 7.60 Å². The highest BCUT2D eigenvalue weighted by Gasteiger charge is 2.48. The molecule has 1 heterocycles. The number of nitrogens with zero attached hydrogens (tertiary/aromatic N) is 2. The highest BCUT2D eigenvalue weighted by atomic mass is 31.2. The summed E-state index contributed by atoms with van der Waals surface area (Å²) in [6, 6.07) is 0. The molecule has 0 aromatic carbocycles. The first kappa shape index (κ1) is 13.1. The van der Waals surface area contributed by atoms with E-state index < -0.39 is 12.9 Å². The number of hydrogen-bond acceptors (Lipinski definition) is 2. The van der Waals surface area contributed by atoms with Crippen molar-refractivity contribution in [2.24, 2.45) is 0 Å². The lowest BCUT2D eigenvalue weighted by Gasteiger charge is -2.44. The summed E-state index contributed by atoms with van der Waals surface area (Å²) >= 11 is 0. The lowest BCUT2D eigenvalue weighted by atomic mass is 10.1. The summed E-state index contributed by atoms with van der Waals surface area (Å²) < 4.78 is 11.6. The first-order chi connectivity index (χ1) is 6.98. The van der Waals surface area contributed by atoms with Gasteiger partial charge in [-0.15, -0.1) is 0 Å². The van der Waals surface area contributed by atoms with Crippen LogP contribution in [0.25, 0.3) is 0 Å². The highest BCUT2D eigenvalue weighted by Crippen LogP contribution is 2.56. The van der Waals surface area contributed by atoms with Crippen molar-refractivity contribution in [1.82, 2.24) is 10.2 Å². The van der Waals surface area contributed by atoms with Gasteiger partial charge in [-0.3, -0.25) is 9.46 Å². The number of piperazine rings is 1. The van der Waals surface area contributed by atoms with E-state index in [0.29, 0.717) is 39.0 Å². The average Bonchev–Trinajstić information content (AvgIpc) is 2.20. The average molecular weight is 235 g/mol. The smallest absolute Gasteiger partial charge is 0.323 e. The molecule has 0 aliphatic carbocycles. The Morgan fingerprint density at radius 1 is 1.27 bits per heavy atom. The third-order valence-electron chi connectivity index (χ3n) is 3.32. The Kier molecular flexibility index (Phi) is 4.32. The SMILES string of the molecule is CCC(CC)(N1CC[N]CC1)P(=O)(O)O. The zero-order valence-corrected chi connectivity index (χ0v) is 10.3. The third-order valence-corrected chi connectivity index (χ3v) is 5.32. The summed E-state index contributed by atoms with van der Waals surface area (Å²) in [5.41, 5.74) is 0. The molecule has 0 bridgehead atoms. The van der Waals surface area contributed by atoms with Crippen molar-refractivity contribution in [2.45, 2.75) is 32.0 Å². The van der Waals surface area contributed by atoms with E-state index >= 15 is 0 Å². The standard InChI is InChI=1S/C9H20N2O3P/c1-3-9(4-2,15(12,13)14)11-7-5-10-6-8-11/h3-8H2,1-2H3,(H2,12,13,14). The molecular weight excluding hydrogens is 215 g/mol. The molecule has 1 rings (SSSR count). The molecule has 1 aliphatic heterocycles. The van der Waals surface area contributed by atoms with Crippen LogP contribution in [0.15, 0.2) is 0 Å². The Balaban J connectivity index is 2.93. The van der Waals surface area contributed by atoms with Gasteiger partial charge in [-0.1, -0.05) is 13.8 Å². The summed E-state index contributed by atoms with van der Waals surface area (Å²) in [5.74, 6) is 0. The molecule has 0 unspecified atom stereocenters. The van der Waals surface area contributed by atoms with Gasteiger partial charge in [0.25, 0.3) is 0 Å². The summed E-state index contributed by atoms with van der Waals surface area (Å²) in [7, 11) is -4.09. The maximum Gasteiger partial charge on any atom is 0.345 e. The molecule has 0 spiro atoms. The molecule has 2 N–H and O–H groups in total. The van der Waals surface area contributed by atoms with Crippen molar-refractivity contribution in [1.29, 1.82) is 0 Å². The van der Waals surface area contributed by atoms with Crippen LogP contribution in [-0.4, -0.2) is 46.1 Å². The zero-order chi connectivity index (χ0) is 11.5. The monoisotopic (exact) mass is 235 g/mol. The lowest BCUT2D eigenvalue weighted by molar-refractivity contribution is 0.102. The summed E-state index contributed by atoms with van der Waals surface area (Å²) in [4.78, 5) is 21.0. The second-order valence-corrected chi connectivity index (χ2v) is 5.81. The second kappa shape index (κ2) is 4.93. The molecular formula is C9H20N2O3P. The molecule has 1 radical (unpaired) electrons. The molecule has 0 atom stereocenters. The van der Waals surface area contributed by atoms with Gasteiger partial charge >= 0.3 is 7.60 Å². The largest absolute Gasteiger partial charge is 0.345 e. The maximum absolute atomic E-state index is 11.6. The minimum atomic E-state index is -4.09. The van der Waals surface area contributed by atoms with Gasteiger partial charge in [0.2, 0.25) is 0 Å². The first-order valence-electron chi connectivity index (χ1n) is 5.42. The van der Waals surface area contributed by atoms with E-state index in [9.17, 15) is 14.4 Å². The Morgan fingerprint density at radius 3 is 2.07 bits per heavy atom. The summed E-state index contributed by atoms with van der Waals surface area (Å²) in [6.45, 7) is 6.37. The van der Waals surface area contributed by atoms with E-state index in [1.165, 1.54) is 0 Å². The van der Waals surface area contributed by atoms with Gasteiger partial charge in [-0.2, -0.15) is 0 Å². The van der Waals surface area contributed by atoms with Gasteiger partial charge in [-0.25, -0.2) is 5.32 Å². The Morgan fingerprint density at radius 2 is 1.73 bits per heavy atom. The predicted octanol–water partition coefficient (Wildman–Crippen LogP) is 0.600. The van der Waals surface area contributed by atoms with Crippen LogP contribution in [0.2, 0.25) is 0 Å². The lowest BCUT2D eigenvalue weighted by Crippen LogP contribution is -2.54. The minimum absolute atomic E-state index is 0.480. The molecule has 6 heteroatoms. The van der Waals surface area contributed by atoms with Crippen LogP contribution < -0.4 is 5.32 Å². The molecule has 5 nitrogen and oxygen atoms in total. The molecule has 89 valence electrons. The Hall–Kier alpha value is 0.0700. The van der Waals surface area contributed by atoms with E-state index in [2.05, 4.69) is 5.32 Å². The van der Waals surface area contributed by atoms with Crippen LogP contribution in [-0.2, 0) is 4.57 Å². The van der Waals surface area contributed by atoms with E-state index in [-0.39, 0.29) is 0 Å². The minimum Gasteiger partial charge on any atom is -0.323 e. The van der Waals surface area contributed by atoms with Crippen LogP contribution in [0.1, 0.15) is 26.7 Å². The maximum atomic E-state index is 11.6. The fourth-order valence-electron chi connectivity index (χ4n) is 2.32. The molecule has 15 heavy (non-hydrogen) atoms. The topological polar surface area (TPSA) is 74.9 Å². The van der Waals surface area contributed by atoms with Crippen molar-refractivity contribution in [3.63, 3.8) is 0 Å². The summed E-state index contributed by atoms with van der Waals surface area (Å²) in [6.07, 6.45) is 0.960. The van der Waals surface area contributed by atoms with Crippen LogP contribution in [0.4, 0.5) is 0 Å². The van der Waals surface area contributed by atoms with Crippen LogP contribution in [0.5, 0.6) is 0 Å². The fraction of sp³-hybridized carbons (Fsp3) is 1.00. The van der Waals surface area contributed by atoms with Gasteiger partial charge in [0.05, 0.1) is 0 Å². The number of hydrogen-bond donors (Lipinski definition) is 2. The zero-order valence-electron chi connectivity index (χ0n) is 9.39. The number of rotatable bonds is 4. The second-order valence-electron chi connectivity index (χ2n) is 3.89. The van der Waals surface area contributed by atoms with Crippen molar-refractivity contribution >= 4 is 7.60 Å². The third kappa shape index (κ3) is 2.43. The quantitative estimate of drug-likeness (QED) is 0.700. The molecule has 1 aliphatic rings. The van der Waals surface area contributed by atoms with Crippen LogP contribution in [0.3, 0.4) is 0 Å². The van der Waals surface area contributed by atoms with Gasteiger partial charge < -0.3 is 9.79 Å². The normalized spacial score (nSPS) is 20.5. The van der Waals surface area contributed by atoms with Gasteiger partial charge in [0.1, 0.15) is 5.28 Å².